The van der Waals surface area contributed by atoms with Crippen molar-refractivity contribution in [3.8, 4) is 0 Å². The average Bonchev–Trinajstić information content (AvgIpc) is 2.19. The molecule has 0 aliphatic carbocycles. The van der Waals surface area contributed by atoms with Crippen LogP contribution in [0.15, 0.2) is 30.3 Å². The highest BCUT2D eigenvalue weighted by Gasteiger charge is 2.05. The number of benzene rings is 1. The molecule has 0 bridgehead atoms. The van der Waals surface area contributed by atoms with Crippen LogP contribution in [-0.4, -0.2) is 23.2 Å². The average molecular weight is 210 g/mol. The topological polar surface area (TPSA) is 89.3 Å². The van der Waals surface area contributed by atoms with Gasteiger partial charge >= 0.3 is 0 Å². The third kappa shape index (κ3) is 7.66. The summed E-state index contributed by atoms with van der Waals surface area (Å²) in [6.45, 7) is 3.59. The van der Waals surface area contributed by atoms with Crippen molar-refractivity contribution in [1.82, 2.24) is 0 Å². The monoisotopic (exact) mass is 210 g/mol. The van der Waals surface area contributed by atoms with E-state index < -0.39 is 5.54 Å². The third-order valence-corrected chi connectivity index (χ3v) is 1.47. The minimum atomic E-state index is -0.403. The Bertz CT molecular complexity index is 291. The lowest BCUT2D eigenvalue weighted by molar-refractivity contribution is 0.100. The number of primary amides is 1. The summed E-state index contributed by atoms with van der Waals surface area (Å²) < 4.78 is 0. The van der Waals surface area contributed by atoms with Crippen LogP contribution < -0.4 is 11.5 Å². The van der Waals surface area contributed by atoms with E-state index in [9.17, 15) is 4.79 Å². The molecule has 4 heteroatoms. The highest BCUT2D eigenvalue weighted by molar-refractivity contribution is 5.92. The molecule has 5 N–H and O–H groups in total. The zero-order valence-corrected chi connectivity index (χ0v) is 9.10. The van der Waals surface area contributed by atoms with Gasteiger partial charge in [0.2, 0.25) is 5.91 Å². The largest absolute Gasteiger partial charge is 0.394 e. The van der Waals surface area contributed by atoms with Crippen LogP contribution >= 0.6 is 0 Å². The Morgan fingerprint density at radius 1 is 1.33 bits per heavy atom. The van der Waals surface area contributed by atoms with Gasteiger partial charge in [-0.05, 0) is 26.0 Å². The van der Waals surface area contributed by atoms with Gasteiger partial charge in [0.15, 0.2) is 0 Å². The van der Waals surface area contributed by atoms with Crippen LogP contribution in [0.5, 0.6) is 0 Å². The second-order valence-corrected chi connectivity index (χ2v) is 3.88. The van der Waals surface area contributed by atoms with Crippen molar-refractivity contribution in [3.63, 3.8) is 0 Å². The zero-order chi connectivity index (χ0) is 11.9. The van der Waals surface area contributed by atoms with E-state index in [1.54, 1.807) is 38.1 Å². The smallest absolute Gasteiger partial charge is 0.248 e. The molecule has 1 rings (SSSR count). The first kappa shape index (κ1) is 13.6. The number of rotatable bonds is 2. The summed E-state index contributed by atoms with van der Waals surface area (Å²) in [4.78, 5) is 10.4. The Labute approximate surface area is 89.9 Å². The maximum absolute atomic E-state index is 10.4. The molecule has 1 aromatic rings. The van der Waals surface area contributed by atoms with Crippen molar-refractivity contribution >= 4 is 5.91 Å². The third-order valence-electron chi connectivity index (χ3n) is 1.47. The quantitative estimate of drug-likeness (QED) is 0.664. The van der Waals surface area contributed by atoms with Crippen LogP contribution in [0.25, 0.3) is 0 Å². The molecule has 0 spiro atoms. The van der Waals surface area contributed by atoms with Crippen LogP contribution in [0, 0.1) is 0 Å². The maximum atomic E-state index is 10.4. The van der Waals surface area contributed by atoms with Gasteiger partial charge in [0.25, 0.3) is 0 Å². The fourth-order valence-corrected chi connectivity index (χ4v) is 0.602. The van der Waals surface area contributed by atoms with E-state index in [4.69, 9.17) is 16.6 Å². The molecule has 0 heterocycles. The van der Waals surface area contributed by atoms with Gasteiger partial charge in [-0.1, -0.05) is 18.2 Å². The van der Waals surface area contributed by atoms with E-state index >= 15 is 0 Å². The zero-order valence-electron chi connectivity index (χ0n) is 9.10. The van der Waals surface area contributed by atoms with Gasteiger partial charge in [0.05, 0.1) is 6.61 Å². The van der Waals surface area contributed by atoms with Crippen LogP contribution in [0.4, 0.5) is 0 Å². The molecule has 0 saturated heterocycles. The first-order valence-corrected chi connectivity index (χ1v) is 4.61. The fourth-order valence-electron chi connectivity index (χ4n) is 0.602. The predicted octanol–water partition coefficient (Wildman–Crippen LogP) is 0.501. The van der Waals surface area contributed by atoms with E-state index in [1.807, 2.05) is 6.07 Å². The van der Waals surface area contributed by atoms with E-state index in [0.29, 0.717) is 5.56 Å². The van der Waals surface area contributed by atoms with Crippen LogP contribution in [0.1, 0.15) is 24.2 Å². The molecule has 84 valence electrons. The van der Waals surface area contributed by atoms with Crippen molar-refractivity contribution < 1.29 is 9.90 Å². The van der Waals surface area contributed by atoms with Crippen LogP contribution in [0.2, 0.25) is 0 Å². The summed E-state index contributed by atoms with van der Waals surface area (Å²) in [6, 6.07) is 8.76. The number of hydrogen-bond donors (Lipinski definition) is 3. The van der Waals surface area contributed by atoms with Gasteiger partial charge in [0.1, 0.15) is 0 Å². The van der Waals surface area contributed by atoms with E-state index in [0.717, 1.165) is 0 Å². The SMILES string of the molecule is CC(C)(N)CO.NC(=O)c1ccccc1. The normalized spacial score (nSPS) is 10.1. The van der Waals surface area contributed by atoms with Gasteiger partial charge in [-0.25, -0.2) is 0 Å². The Morgan fingerprint density at radius 2 is 1.73 bits per heavy atom. The Hall–Kier alpha value is -1.39. The minimum absolute atomic E-state index is 0.0486. The van der Waals surface area contributed by atoms with E-state index in [1.165, 1.54) is 0 Å². The molecule has 0 saturated carbocycles. The lowest BCUT2D eigenvalue weighted by Gasteiger charge is -2.12. The summed E-state index contributed by atoms with van der Waals surface area (Å²) in [5.74, 6) is -0.379. The van der Waals surface area contributed by atoms with Crippen molar-refractivity contribution in [3.05, 3.63) is 35.9 Å². The molecule has 4 nitrogen and oxygen atoms in total. The lowest BCUT2D eigenvalue weighted by atomic mass is 10.1. The molecule has 1 aromatic carbocycles. The van der Waals surface area contributed by atoms with Gasteiger partial charge < -0.3 is 16.6 Å². The lowest BCUT2D eigenvalue weighted by Crippen LogP contribution is -2.35. The molecule has 0 unspecified atom stereocenters. The van der Waals surface area contributed by atoms with Gasteiger partial charge in [0, 0.05) is 11.1 Å². The predicted molar refractivity (Wildman–Crippen MR) is 60.3 cm³/mol. The standard InChI is InChI=1S/C7H7NO.C4H11NO/c8-7(9)6-4-2-1-3-5-6;1-4(2,5)3-6/h1-5H,(H2,8,9);6H,3,5H2,1-2H3. The fraction of sp³-hybridized carbons (Fsp3) is 0.364. The van der Waals surface area contributed by atoms with Crippen molar-refractivity contribution in [2.75, 3.05) is 6.61 Å². The summed E-state index contributed by atoms with van der Waals surface area (Å²) in [6.07, 6.45) is 0. The minimum Gasteiger partial charge on any atom is -0.394 e. The highest BCUT2D eigenvalue weighted by Crippen LogP contribution is 1.94. The number of nitrogens with two attached hydrogens (primary N) is 2. The second kappa shape index (κ2) is 6.16. The number of carbonyl (C=O) groups excluding carboxylic acids is 1. The summed E-state index contributed by atoms with van der Waals surface area (Å²) in [5.41, 5.74) is 10.4. The Morgan fingerprint density at radius 3 is 1.93 bits per heavy atom. The maximum Gasteiger partial charge on any atom is 0.248 e. The number of aliphatic hydroxyl groups excluding tert-OH is 1. The summed E-state index contributed by atoms with van der Waals surface area (Å²) in [5, 5.41) is 8.28. The van der Waals surface area contributed by atoms with E-state index in [2.05, 4.69) is 0 Å². The summed E-state index contributed by atoms with van der Waals surface area (Å²) >= 11 is 0. The van der Waals surface area contributed by atoms with Crippen molar-refractivity contribution in [1.29, 1.82) is 0 Å². The van der Waals surface area contributed by atoms with Crippen molar-refractivity contribution in [2.24, 2.45) is 11.5 Å². The van der Waals surface area contributed by atoms with Crippen LogP contribution in [0.3, 0.4) is 0 Å². The number of carbonyl (C=O) groups is 1. The number of amides is 1. The number of aliphatic hydroxyl groups is 1. The molecule has 1 amide bonds. The Balaban J connectivity index is 0.000000288. The van der Waals surface area contributed by atoms with Gasteiger partial charge in [-0.3, -0.25) is 4.79 Å². The highest BCUT2D eigenvalue weighted by atomic mass is 16.3. The summed E-state index contributed by atoms with van der Waals surface area (Å²) in [7, 11) is 0. The van der Waals surface area contributed by atoms with E-state index in [-0.39, 0.29) is 12.5 Å². The first-order chi connectivity index (χ1) is 6.87. The molecular weight excluding hydrogens is 192 g/mol. The molecule has 0 radical (unpaired) electrons. The molecule has 0 aromatic heterocycles. The van der Waals surface area contributed by atoms with Gasteiger partial charge in [-0.15, -0.1) is 0 Å². The molecule has 15 heavy (non-hydrogen) atoms. The van der Waals surface area contributed by atoms with Crippen LogP contribution in [-0.2, 0) is 0 Å². The number of hydrogen-bond acceptors (Lipinski definition) is 3. The van der Waals surface area contributed by atoms with Crippen molar-refractivity contribution in [2.45, 2.75) is 19.4 Å². The molecular formula is C11H18N2O2. The molecule has 0 atom stereocenters. The Kier molecular flexibility index (Phi) is 5.59. The molecule has 0 aliphatic rings. The van der Waals surface area contributed by atoms with Gasteiger partial charge in [-0.2, -0.15) is 0 Å². The molecule has 0 aliphatic heterocycles. The first-order valence-electron chi connectivity index (χ1n) is 4.61. The second-order valence-electron chi connectivity index (χ2n) is 3.88. The molecule has 0 fully saturated rings.